The first-order valence-electron chi connectivity index (χ1n) is 4.73. The van der Waals surface area contributed by atoms with Gasteiger partial charge < -0.3 is 0 Å². The van der Waals surface area contributed by atoms with Crippen molar-refractivity contribution in [2.75, 3.05) is 0 Å². The molecule has 0 aliphatic heterocycles. The van der Waals surface area contributed by atoms with Gasteiger partial charge in [-0.2, -0.15) is 0 Å². The summed E-state index contributed by atoms with van der Waals surface area (Å²) in [5.41, 5.74) is 5.01. The first-order valence-corrected chi connectivity index (χ1v) is 8.31. The Hall–Kier alpha value is -0.823. The molecule has 0 amide bonds. The van der Waals surface area contributed by atoms with Crippen LogP contribution in [0.4, 0.5) is 0 Å². The lowest BCUT2D eigenvalue weighted by molar-refractivity contribution is 1.46. The fraction of sp³-hybridized carbons (Fsp3) is 0.333. The lowest BCUT2D eigenvalue weighted by atomic mass is 10.2. The Bertz CT molecular complexity index is 288. The topological polar surface area (TPSA) is 0 Å². The molecule has 1 rings (SSSR count). The zero-order valence-electron chi connectivity index (χ0n) is 8.96. The van der Waals surface area contributed by atoms with E-state index < -0.39 is 8.07 Å². The summed E-state index contributed by atoms with van der Waals surface area (Å²) in [7, 11) is -1.03. The highest BCUT2D eigenvalue weighted by molar-refractivity contribution is 6.81. The predicted molar refractivity (Wildman–Crippen MR) is 63.6 cm³/mol. The van der Waals surface area contributed by atoms with Crippen molar-refractivity contribution in [1.29, 1.82) is 0 Å². The number of aryl methyl sites for hydroxylation is 1. The maximum absolute atomic E-state index is 2.37. The second-order valence-electron chi connectivity index (χ2n) is 4.61. The van der Waals surface area contributed by atoms with E-state index in [-0.39, 0.29) is 0 Å². The molecule has 0 saturated carbocycles. The minimum atomic E-state index is -1.03. The molecule has 13 heavy (non-hydrogen) atoms. The standard InChI is InChI=1S/C12H18Si/c1-11-5-7-12(8-6-11)9-10-13(2,3)4/h5-10H,1-4H3/b10-9-. The van der Waals surface area contributed by atoms with Crippen LogP contribution in [0.3, 0.4) is 0 Å². The van der Waals surface area contributed by atoms with Crippen LogP contribution in [0.2, 0.25) is 19.6 Å². The largest absolute Gasteiger partial charge is 0.0944 e. The molecule has 0 saturated heterocycles. The van der Waals surface area contributed by atoms with Crippen molar-refractivity contribution in [3.63, 3.8) is 0 Å². The van der Waals surface area contributed by atoms with Crippen molar-refractivity contribution in [3.8, 4) is 0 Å². The van der Waals surface area contributed by atoms with Crippen LogP contribution in [0.25, 0.3) is 6.08 Å². The van der Waals surface area contributed by atoms with E-state index in [4.69, 9.17) is 0 Å². The zero-order valence-corrected chi connectivity index (χ0v) is 9.96. The van der Waals surface area contributed by atoms with Crippen molar-refractivity contribution in [2.45, 2.75) is 26.6 Å². The van der Waals surface area contributed by atoms with Crippen LogP contribution in [0.15, 0.2) is 30.0 Å². The van der Waals surface area contributed by atoms with Gasteiger partial charge in [0.2, 0.25) is 0 Å². The Morgan fingerprint density at radius 2 is 1.54 bits per heavy atom. The number of rotatable bonds is 2. The Kier molecular flexibility index (Phi) is 3.10. The van der Waals surface area contributed by atoms with E-state index in [1.165, 1.54) is 11.1 Å². The third-order valence-electron chi connectivity index (χ3n) is 1.85. The van der Waals surface area contributed by atoms with Gasteiger partial charge in [0.1, 0.15) is 0 Å². The van der Waals surface area contributed by atoms with Gasteiger partial charge in [0.15, 0.2) is 0 Å². The third kappa shape index (κ3) is 4.09. The SMILES string of the molecule is Cc1ccc(/C=C\[Si](C)(C)C)cc1. The quantitative estimate of drug-likeness (QED) is 0.621. The fourth-order valence-electron chi connectivity index (χ4n) is 1.02. The summed E-state index contributed by atoms with van der Waals surface area (Å²) in [6, 6.07) is 8.66. The fourth-order valence-corrected chi connectivity index (χ4v) is 1.72. The molecule has 0 atom stereocenters. The van der Waals surface area contributed by atoms with Gasteiger partial charge in [-0.25, -0.2) is 0 Å². The molecule has 0 aliphatic rings. The summed E-state index contributed by atoms with van der Waals surface area (Å²) in [5.74, 6) is 0. The Balaban J connectivity index is 2.75. The van der Waals surface area contributed by atoms with E-state index in [1.54, 1.807) is 0 Å². The molecule has 0 aromatic heterocycles. The maximum atomic E-state index is 2.37. The van der Waals surface area contributed by atoms with E-state index in [9.17, 15) is 0 Å². The van der Waals surface area contributed by atoms with Gasteiger partial charge >= 0.3 is 0 Å². The first kappa shape index (κ1) is 10.3. The summed E-state index contributed by atoms with van der Waals surface area (Å²) in [6.07, 6.45) is 2.24. The van der Waals surface area contributed by atoms with Crippen LogP contribution >= 0.6 is 0 Å². The number of hydrogen-bond donors (Lipinski definition) is 0. The monoisotopic (exact) mass is 190 g/mol. The molecule has 0 spiro atoms. The molecule has 0 aliphatic carbocycles. The van der Waals surface area contributed by atoms with Crippen LogP contribution in [-0.2, 0) is 0 Å². The van der Waals surface area contributed by atoms with Crippen molar-refractivity contribution in [2.24, 2.45) is 0 Å². The highest BCUT2D eigenvalue weighted by Gasteiger charge is 2.06. The summed E-state index contributed by atoms with van der Waals surface area (Å²) < 4.78 is 0. The lowest BCUT2D eigenvalue weighted by Gasteiger charge is -2.07. The minimum Gasteiger partial charge on any atom is -0.0944 e. The van der Waals surface area contributed by atoms with E-state index in [2.05, 4.69) is 62.6 Å². The van der Waals surface area contributed by atoms with E-state index in [0.29, 0.717) is 0 Å². The lowest BCUT2D eigenvalue weighted by Crippen LogP contribution is -2.15. The normalized spacial score (nSPS) is 12.3. The van der Waals surface area contributed by atoms with Crippen molar-refractivity contribution < 1.29 is 0 Å². The van der Waals surface area contributed by atoms with Crippen LogP contribution < -0.4 is 0 Å². The van der Waals surface area contributed by atoms with Gasteiger partial charge in [0, 0.05) is 0 Å². The van der Waals surface area contributed by atoms with Gasteiger partial charge in [-0.05, 0) is 12.5 Å². The van der Waals surface area contributed by atoms with Gasteiger partial charge in [-0.3, -0.25) is 0 Å². The molecule has 0 radical (unpaired) electrons. The van der Waals surface area contributed by atoms with Crippen LogP contribution in [0.1, 0.15) is 11.1 Å². The second kappa shape index (κ2) is 3.92. The summed E-state index contributed by atoms with van der Waals surface area (Å²) in [4.78, 5) is 0. The zero-order chi connectivity index (χ0) is 9.90. The van der Waals surface area contributed by atoms with Crippen LogP contribution in [-0.4, -0.2) is 8.07 Å². The highest BCUT2D eigenvalue weighted by atomic mass is 28.3. The summed E-state index contributed by atoms with van der Waals surface area (Å²) in [5, 5.41) is 0. The first-order chi connectivity index (χ1) is 5.97. The highest BCUT2D eigenvalue weighted by Crippen LogP contribution is 2.09. The molecule has 70 valence electrons. The van der Waals surface area contributed by atoms with Gasteiger partial charge in [-0.1, -0.05) is 61.2 Å². The molecule has 0 unspecified atom stereocenters. The molecule has 1 heteroatoms. The molecule has 0 nitrogen and oxygen atoms in total. The Labute approximate surface area is 82.3 Å². The molecule has 0 fully saturated rings. The molecule has 1 aromatic rings. The average Bonchev–Trinajstić information content (AvgIpc) is 2.02. The average molecular weight is 190 g/mol. The van der Waals surface area contributed by atoms with Gasteiger partial charge in [-0.15, -0.1) is 0 Å². The van der Waals surface area contributed by atoms with Gasteiger partial charge in [0.05, 0.1) is 8.07 Å². The molecule has 0 N–H and O–H groups in total. The van der Waals surface area contributed by atoms with E-state index in [0.717, 1.165) is 0 Å². The van der Waals surface area contributed by atoms with Crippen LogP contribution in [0.5, 0.6) is 0 Å². The molecule has 0 heterocycles. The Morgan fingerprint density at radius 1 is 1.00 bits per heavy atom. The van der Waals surface area contributed by atoms with E-state index in [1.807, 2.05) is 0 Å². The predicted octanol–water partition coefficient (Wildman–Crippen LogP) is 3.89. The second-order valence-corrected chi connectivity index (χ2v) is 9.68. The smallest absolute Gasteiger partial charge is 0.0687 e. The molecule has 1 aromatic carbocycles. The van der Waals surface area contributed by atoms with Crippen molar-refractivity contribution in [3.05, 3.63) is 41.1 Å². The van der Waals surface area contributed by atoms with Crippen molar-refractivity contribution in [1.82, 2.24) is 0 Å². The summed E-state index contributed by atoms with van der Waals surface area (Å²) >= 11 is 0. The van der Waals surface area contributed by atoms with Gasteiger partial charge in [0.25, 0.3) is 0 Å². The molecule has 0 bridgehead atoms. The molecular formula is C12H18Si. The Morgan fingerprint density at radius 3 is 2.00 bits per heavy atom. The van der Waals surface area contributed by atoms with Crippen molar-refractivity contribution >= 4 is 14.1 Å². The van der Waals surface area contributed by atoms with E-state index >= 15 is 0 Å². The number of benzene rings is 1. The summed E-state index contributed by atoms with van der Waals surface area (Å²) in [6.45, 7) is 9.15. The maximum Gasteiger partial charge on any atom is 0.0687 e. The molecular weight excluding hydrogens is 172 g/mol. The minimum absolute atomic E-state index is 1.03. The number of hydrogen-bond acceptors (Lipinski definition) is 0. The van der Waals surface area contributed by atoms with Crippen LogP contribution in [0, 0.1) is 6.92 Å². The third-order valence-corrected chi connectivity index (χ3v) is 3.02.